The molecule has 2 aromatic rings. The van der Waals surface area contributed by atoms with Crippen LogP contribution in [0.4, 0.5) is 4.39 Å². The Bertz CT molecular complexity index is 730. The Kier molecular flexibility index (Phi) is 5.55. The minimum atomic E-state index is -3.69. The highest BCUT2D eigenvalue weighted by atomic mass is 35.5. The van der Waals surface area contributed by atoms with Gasteiger partial charge >= 0.3 is 0 Å². The number of amides is 1. The SMILES string of the molecule is O=C(CCl)NC[C@H](c1ccc(F)cc1)S(=O)(=O)c1cccs1. The smallest absolute Gasteiger partial charge is 0.234 e. The summed E-state index contributed by atoms with van der Waals surface area (Å²) in [6.45, 7) is -0.128. The van der Waals surface area contributed by atoms with E-state index < -0.39 is 26.8 Å². The van der Waals surface area contributed by atoms with Crippen LogP contribution in [-0.2, 0) is 14.6 Å². The van der Waals surface area contributed by atoms with Gasteiger partial charge < -0.3 is 5.32 Å². The highest BCUT2D eigenvalue weighted by Gasteiger charge is 2.30. The Morgan fingerprint density at radius 2 is 1.95 bits per heavy atom. The lowest BCUT2D eigenvalue weighted by Crippen LogP contribution is -2.32. The van der Waals surface area contributed by atoms with Gasteiger partial charge in [0.2, 0.25) is 5.91 Å². The highest BCUT2D eigenvalue weighted by Crippen LogP contribution is 2.31. The first-order valence-electron chi connectivity index (χ1n) is 6.30. The van der Waals surface area contributed by atoms with Crippen molar-refractivity contribution in [2.75, 3.05) is 12.4 Å². The summed E-state index contributed by atoms with van der Waals surface area (Å²) in [6, 6.07) is 8.32. The zero-order valence-electron chi connectivity index (χ0n) is 11.3. The van der Waals surface area contributed by atoms with Crippen LogP contribution in [0.2, 0.25) is 0 Å². The Hall–Kier alpha value is -1.44. The van der Waals surface area contributed by atoms with Crippen molar-refractivity contribution in [1.82, 2.24) is 5.32 Å². The first-order valence-corrected chi connectivity index (χ1v) is 9.26. The predicted molar refractivity (Wildman–Crippen MR) is 84.4 cm³/mol. The van der Waals surface area contributed by atoms with E-state index in [2.05, 4.69) is 5.32 Å². The van der Waals surface area contributed by atoms with Crippen LogP contribution < -0.4 is 5.32 Å². The first-order chi connectivity index (χ1) is 10.4. The molecule has 2 rings (SSSR count). The summed E-state index contributed by atoms with van der Waals surface area (Å²) in [5.74, 6) is -1.18. The molecule has 1 aromatic carbocycles. The molecule has 0 aliphatic heterocycles. The molecule has 1 heterocycles. The molecular weight excluding hydrogens is 349 g/mol. The van der Waals surface area contributed by atoms with E-state index in [0.717, 1.165) is 11.3 Å². The molecule has 22 heavy (non-hydrogen) atoms. The van der Waals surface area contributed by atoms with E-state index in [4.69, 9.17) is 11.6 Å². The zero-order valence-corrected chi connectivity index (χ0v) is 13.7. The number of hydrogen-bond donors (Lipinski definition) is 1. The molecule has 4 nitrogen and oxygen atoms in total. The van der Waals surface area contributed by atoms with Crippen LogP contribution in [0.25, 0.3) is 0 Å². The van der Waals surface area contributed by atoms with Gasteiger partial charge in [-0.25, -0.2) is 12.8 Å². The van der Waals surface area contributed by atoms with Crippen molar-refractivity contribution in [3.63, 3.8) is 0 Å². The normalized spacial score (nSPS) is 12.8. The predicted octanol–water partition coefficient (Wildman–Crippen LogP) is 2.76. The lowest BCUT2D eigenvalue weighted by Gasteiger charge is -2.18. The average Bonchev–Trinajstić information content (AvgIpc) is 3.04. The molecule has 118 valence electrons. The monoisotopic (exact) mass is 361 g/mol. The largest absolute Gasteiger partial charge is 0.353 e. The van der Waals surface area contributed by atoms with Crippen LogP contribution in [-0.4, -0.2) is 26.7 Å². The van der Waals surface area contributed by atoms with Gasteiger partial charge in [-0.1, -0.05) is 18.2 Å². The van der Waals surface area contributed by atoms with Crippen LogP contribution in [0.5, 0.6) is 0 Å². The van der Waals surface area contributed by atoms with Gasteiger partial charge in [-0.2, -0.15) is 0 Å². The van der Waals surface area contributed by atoms with E-state index >= 15 is 0 Å². The number of alkyl halides is 1. The molecule has 0 aliphatic rings. The molecule has 0 unspecified atom stereocenters. The van der Waals surface area contributed by atoms with E-state index in [1.807, 2.05) is 0 Å². The number of carbonyl (C=O) groups excluding carboxylic acids is 1. The van der Waals surface area contributed by atoms with E-state index in [9.17, 15) is 17.6 Å². The molecule has 0 saturated heterocycles. The number of carbonyl (C=O) groups is 1. The summed E-state index contributed by atoms with van der Waals surface area (Å²) in [6.07, 6.45) is 0. The molecule has 0 aliphatic carbocycles. The second kappa shape index (κ2) is 7.21. The minimum absolute atomic E-state index is 0.128. The number of hydrogen-bond acceptors (Lipinski definition) is 4. The van der Waals surface area contributed by atoms with Crippen LogP contribution in [0.3, 0.4) is 0 Å². The van der Waals surface area contributed by atoms with Crippen molar-refractivity contribution in [3.05, 3.63) is 53.2 Å². The van der Waals surface area contributed by atoms with Crippen molar-refractivity contribution >= 4 is 38.7 Å². The number of sulfone groups is 1. The quantitative estimate of drug-likeness (QED) is 0.805. The second-order valence-corrected chi connectivity index (χ2v) is 8.03. The number of nitrogens with one attached hydrogen (secondary N) is 1. The van der Waals surface area contributed by atoms with E-state index in [1.54, 1.807) is 11.4 Å². The second-order valence-electron chi connectivity index (χ2n) is 4.45. The average molecular weight is 362 g/mol. The molecular formula is C14H13ClFNO3S2. The fourth-order valence-electron chi connectivity index (χ4n) is 1.90. The van der Waals surface area contributed by atoms with Gasteiger partial charge in [0, 0.05) is 6.54 Å². The topological polar surface area (TPSA) is 63.2 Å². The third-order valence-electron chi connectivity index (χ3n) is 3.00. The van der Waals surface area contributed by atoms with Gasteiger partial charge in [-0.15, -0.1) is 22.9 Å². The number of rotatable bonds is 6. The van der Waals surface area contributed by atoms with Gasteiger partial charge in [0.05, 0.1) is 0 Å². The zero-order chi connectivity index (χ0) is 16.2. The van der Waals surface area contributed by atoms with Gasteiger partial charge in [-0.05, 0) is 29.1 Å². The van der Waals surface area contributed by atoms with Crippen molar-refractivity contribution < 1.29 is 17.6 Å². The molecule has 0 radical (unpaired) electrons. The Balaban J connectivity index is 2.37. The van der Waals surface area contributed by atoms with Gasteiger partial charge in [0.25, 0.3) is 0 Å². The standard InChI is InChI=1S/C14H13ClFNO3S2/c15-8-13(18)17-9-12(10-3-5-11(16)6-4-10)22(19,20)14-2-1-7-21-14/h1-7,12H,8-9H2,(H,17,18)/t12-/m1/s1. The highest BCUT2D eigenvalue weighted by molar-refractivity contribution is 7.93. The maximum Gasteiger partial charge on any atom is 0.234 e. The van der Waals surface area contributed by atoms with Gasteiger partial charge in [-0.3, -0.25) is 4.79 Å². The van der Waals surface area contributed by atoms with E-state index in [0.29, 0.717) is 5.56 Å². The fraction of sp³-hybridized carbons (Fsp3) is 0.214. The molecule has 1 N–H and O–H groups in total. The van der Waals surface area contributed by atoms with Crippen molar-refractivity contribution in [3.8, 4) is 0 Å². The molecule has 1 atom stereocenters. The maximum absolute atomic E-state index is 13.1. The molecule has 0 fully saturated rings. The van der Waals surface area contributed by atoms with Crippen LogP contribution in [0.15, 0.2) is 46.0 Å². The summed E-state index contributed by atoms with van der Waals surface area (Å²) < 4.78 is 38.7. The van der Waals surface area contributed by atoms with Crippen LogP contribution >= 0.6 is 22.9 Å². The number of thiophene rings is 1. The van der Waals surface area contributed by atoms with Crippen LogP contribution in [0, 0.1) is 5.82 Å². The lowest BCUT2D eigenvalue weighted by molar-refractivity contribution is -0.118. The Labute approximate surface area is 136 Å². The third-order valence-corrected chi connectivity index (χ3v) is 6.77. The lowest BCUT2D eigenvalue weighted by atomic mass is 10.1. The van der Waals surface area contributed by atoms with E-state index in [1.165, 1.54) is 30.3 Å². The summed E-state index contributed by atoms with van der Waals surface area (Å²) >= 11 is 6.50. The molecule has 8 heteroatoms. The first kappa shape index (κ1) is 16.9. The fourth-order valence-corrected chi connectivity index (χ4v) is 4.86. The summed E-state index contributed by atoms with van der Waals surface area (Å²) in [7, 11) is -3.69. The molecule has 1 aromatic heterocycles. The molecule has 0 spiro atoms. The third kappa shape index (κ3) is 3.85. The maximum atomic E-state index is 13.1. The van der Waals surface area contributed by atoms with Crippen LogP contribution in [0.1, 0.15) is 10.8 Å². The number of halogens is 2. The number of benzene rings is 1. The van der Waals surface area contributed by atoms with Crippen molar-refractivity contribution in [2.24, 2.45) is 0 Å². The summed E-state index contributed by atoms with van der Waals surface area (Å²) in [4.78, 5) is 11.3. The minimum Gasteiger partial charge on any atom is -0.353 e. The van der Waals surface area contributed by atoms with Gasteiger partial charge in [0.1, 0.15) is 21.2 Å². The van der Waals surface area contributed by atoms with E-state index in [-0.39, 0.29) is 16.6 Å². The molecule has 0 bridgehead atoms. The Morgan fingerprint density at radius 1 is 1.27 bits per heavy atom. The molecule has 0 saturated carbocycles. The Morgan fingerprint density at radius 3 is 2.50 bits per heavy atom. The summed E-state index contributed by atoms with van der Waals surface area (Å²) in [5.41, 5.74) is 0.407. The van der Waals surface area contributed by atoms with Crippen molar-refractivity contribution in [1.29, 1.82) is 0 Å². The van der Waals surface area contributed by atoms with Crippen molar-refractivity contribution in [2.45, 2.75) is 9.46 Å². The summed E-state index contributed by atoms with van der Waals surface area (Å²) in [5, 5.41) is 3.13. The molecule has 1 amide bonds. The van der Waals surface area contributed by atoms with Gasteiger partial charge in [0.15, 0.2) is 9.84 Å².